The molecular weight excluding hydrogens is 457 g/mol. The molecule has 1 aliphatic heterocycles. The fourth-order valence-electron chi connectivity index (χ4n) is 3.95. The molecule has 34 heavy (non-hydrogen) atoms. The van der Waals surface area contributed by atoms with E-state index in [0.29, 0.717) is 43.8 Å². The Labute approximate surface area is 201 Å². The van der Waals surface area contributed by atoms with Gasteiger partial charge in [-0.1, -0.05) is 37.1 Å². The van der Waals surface area contributed by atoms with E-state index < -0.39 is 24.9 Å². The Hall–Kier alpha value is -2.28. The predicted octanol–water partition coefficient (Wildman–Crippen LogP) is 6.39. The molecule has 9 heteroatoms. The highest BCUT2D eigenvalue weighted by Crippen LogP contribution is 2.64. The molecule has 0 bridgehead atoms. The zero-order valence-electron chi connectivity index (χ0n) is 20.3. The van der Waals surface area contributed by atoms with Crippen LogP contribution in [0.2, 0.25) is 0 Å². The summed E-state index contributed by atoms with van der Waals surface area (Å²) >= 11 is 0. The average Bonchev–Trinajstić information content (AvgIpc) is 3.02. The van der Waals surface area contributed by atoms with Crippen molar-refractivity contribution in [1.29, 1.82) is 0 Å². The van der Waals surface area contributed by atoms with Crippen molar-refractivity contribution in [2.75, 3.05) is 13.2 Å². The molecule has 1 unspecified atom stereocenters. The molecule has 1 aromatic carbocycles. The summed E-state index contributed by atoms with van der Waals surface area (Å²) in [5.74, 6) is -1.69. The molecule has 1 atom stereocenters. The first-order valence-electron chi connectivity index (χ1n) is 11.7. The number of unbranched alkanes of at least 4 members (excludes halogenated alkanes) is 4. The van der Waals surface area contributed by atoms with E-state index in [-0.39, 0.29) is 26.1 Å². The van der Waals surface area contributed by atoms with Crippen molar-refractivity contribution in [2.45, 2.75) is 77.6 Å². The molecule has 0 amide bonds. The van der Waals surface area contributed by atoms with Crippen molar-refractivity contribution >= 4 is 30.9 Å². The van der Waals surface area contributed by atoms with Crippen LogP contribution in [0.15, 0.2) is 35.1 Å². The van der Waals surface area contributed by atoms with E-state index in [9.17, 15) is 14.2 Å². The first-order valence-corrected chi connectivity index (χ1v) is 13.2. The maximum absolute atomic E-state index is 14.0. The number of fused-ring (bicyclic) bond motifs is 1. The van der Waals surface area contributed by atoms with E-state index >= 15 is 0 Å². The summed E-state index contributed by atoms with van der Waals surface area (Å²) in [6.45, 7) is 10.3. The number of nitrogens with zero attached hydrogens (tertiary/aromatic N) is 1. The number of carbonyl (C=O) groups is 2. The van der Waals surface area contributed by atoms with Gasteiger partial charge in [-0.2, -0.15) is 0 Å². The second-order valence-corrected chi connectivity index (χ2v) is 10.9. The van der Waals surface area contributed by atoms with Gasteiger partial charge < -0.3 is 19.3 Å². The summed E-state index contributed by atoms with van der Waals surface area (Å²) in [5, 5.41) is 17.9. The van der Waals surface area contributed by atoms with Crippen LogP contribution in [0.1, 0.15) is 76.3 Å². The number of carboxylic acid groups (broad SMARTS) is 2. The van der Waals surface area contributed by atoms with Gasteiger partial charge in [0.15, 0.2) is 0 Å². The third-order valence-electron chi connectivity index (χ3n) is 6.20. The molecule has 0 saturated heterocycles. The van der Waals surface area contributed by atoms with Gasteiger partial charge >= 0.3 is 19.5 Å². The van der Waals surface area contributed by atoms with Crippen molar-refractivity contribution in [3.05, 3.63) is 41.2 Å². The van der Waals surface area contributed by atoms with E-state index in [1.807, 2.05) is 39.0 Å². The Morgan fingerprint density at radius 2 is 1.50 bits per heavy atom. The van der Waals surface area contributed by atoms with Gasteiger partial charge in [-0.3, -0.25) is 19.1 Å². The van der Waals surface area contributed by atoms with Crippen LogP contribution in [0, 0.1) is 6.92 Å². The maximum atomic E-state index is 14.0. The number of carboxylic acids is 2. The predicted molar refractivity (Wildman–Crippen MR) is 132 cm³/mol. The lowest BCUT2D eigenvalue weighted by molar-refractivity contribution is -0.138. The van der Waals surface area contributed by atoms with Gasteiger partial charge in [0.25, 0.3) is 0 Å². The highest BCUT2D eigenvalue weighted by Gasteiger charge is 2.48. The fourth-order valence-corrected chi connectivity index (χ4v) is 5.90. The molecule has 1 aliphatic rings. The van der Waals surface area contributed by atoms with Crippen molar-refractivity contribution in [2.24, 2.45) is 4.99 Å². The quantitative estimate of drug-likeness (QED) is 0.202. The lowest BCUT2D eigenvalue weighted by atomic mass is 9.79. The second kappa shape index (κ2) is 12.4. The smallest absolute Gasteiger partial charge is 0.358 e. The minimum absolute atomic E-state index is 0.0844. The van der Waals surface area contributed by atoms with Crippen LogP contribution in [-0.2, 0) is 28.6 Å². The topological polar surface area (TPSA) is 122 Å². The minimum Gasteiger partial charge on any atom is -0.481 e. The zero-order valence-corrected chi connectivity index (χ0v) is 21.2. The monoisotopic (exact) mass is 493 g/mol. The van der Waals surface area contributed by atoms with Crippen molar-refractivity contribution in [1.82, 2.24) is 0 Å². The lowest BCUT2D eigenvalue weighted by Crippen LogP contribution is -2.30. The summed E-state index contributed by atoms with van der Waals surface area (Å²) in [7, 11) is -3.78. The number of aryl methyl sites for hydroxylation is 1. The number of aliphatic imine (C=N–C) groups is 1. The summed E-state index contributed by atoms with van der Waals surface area (Å²) in [5.41, 5.74) is 2.71. The Morgan fingerprint density at radius 1 is 0.971 bits per heavy atom. The summed E-state index contributed by atoms with van der Waals surface area (Å²) in [4.78, 5) is 26.1. The van der Waals surface area contributed by atoms with Crippen LogP contribution in [0.25, 0.3) is 0 Å². The first-order chi connectivity index (χ1) is 16.0. The van der Waals surface area contributed by atoms with Crippen LogP contribution in [0.4, 0.5) is 5.69 Å². The van der Waals surface area contributed by atoms with Crippen LogP contribution >= 0.6 is 7.60 Å². The normalized spacial score (nSPS) is 17.3. The number of rotatable bonds is 16. The van der Waals surface area contributed by atoms with Crippen LogP contribution in [0.3, 0.4) is 0 Å². The molecule has 0 spiro atoms. The van der Waals surface area contributed by atoms with Gasteiger partial charge in [-0.15, -0.1) is 0 Å². The largest absolute Gasteiger partial charge is 0.481 e. The van der Waals surface area contributed by atoms with Gasteiger partial charge in [-0.25, -0.2) is 0 Å². The standard InChI is InChI=1S/C25H36NO7P/c1-18-13-14-22-21(17-18)25(4,19(2)26-22)20(3)34(31,32-15-9-5-7-11-23(27)28)33-16-10-6-8-12-24(29)30/h13-14,17H,3,5-12,15-16H2,1-2,4H3,(H,27,28)(H,29,30). The van der Waals surface area contributed by atoms with Gasteiger partial charge in [0.1, 0.15) is 0 Å². The minimum atomic E-state index is -3.78. The van der Waals surface area contributed by atoms with Crippen LogP contribution < -0.4 is 0 Å². The van der Waals surface area contributed by atoms with E-state index in [4.69, 9.17) is 19.3 Å². The molecule has 0 aliphatic carbocycles. The molecule has 8 nitrogen and oxygen atoms in total. The van der Waals surface area contributed by atoms with Crippen LogP contribution in [-0.4, -0.2) is 41.1 Å². The number of allylic oxidation sites excluding steroid dienone is 1. The van der Waals surface area contributed by atoms with Crippen molar-refractivity contribution in [3.8, 4) is 0 Å². The van der Waals surface area contributed by atoms with E-state index in [1.165, 1.54) is 0 Å². The molecule has 2 N–H and O–H groups in total. The van der Waals surface area contributed by atoms with Crippen molar-refractivity contribution < 1.29 is 33.4 Å². The Morgan fingerprint density at radius 3 is 2.00 bits per heavy atom. The molecular formula is C25H36NO7P. The SMILES string of the molecule is C=C(C1(C)C(C)=Nc2ccc(C)cc21)P(=O)(OCCCCCC(=O)O)OCCCCCC(=O)O. The highest BCUT2D eigenvalue weighted by molar-refractivity contribution is 7.58. The number of aliphatic carboxylic acids is 2. The highest BCUT2D eigenvalue weighted by atomic mass is 31.2. The first kappa shape index (κ1) is 28.0. The molecule has 2 rings (SSSR count). The summed E-state index contributed by atoms with van der Waals surface area (Å²) in [6.07, 6.45) is 3.57. The molecule has 0 saturated carbocycles. The molecule has 1 aromatic rings. The second-order valence-electron chi connectivity index (χ2n) is 8.86. The van der Waals surface area contributed by atoms with Gasteiger partial charge in [0.05, 0.1) is 29.6 Å². The Bertz CT molecular complexity index is 957. The van der Waals surface area contributed by atoms with E-state index in [1.54, 1.807) is 0 Å². The van der Waals surface area contributed by atoms with Gasteiger partial charge in [0, 0.05) is 18.6 Å². The molecule has 0 aromatic heterocycles. The molecule has 0 radical (unpaired) electrons. The molecule has 1 heterocycles. The summed E-state index contributed by atoms with van der Waals surface area (Å²) in [6, 6.07) is 5.93. The number of hydrogen-bond donors (Lipinski definition) is 2. The van der Waals surface area contributed by atoms with E-state index in [0.717, 1.165) is 22.5 Å². The summed E-state index contributed by atoms with van der Waals surface area (Å²) < 4.78 is 25.7. The Balaban J connectivity index is 2.14. The number of benzene rings is 1. The number of hydrogen-bond acceptors (Lipinski definition) is 6. The third kappa shape index (κ3) is 7.11. The molecule has 0 fully saturated rings. The molecule has 188 valence electrons. The third-order valence-corrected chi connectivity index (χ3v) is 8.36. The average molecular weight is 494 g/mol. The zero-order chi connectivity index (χ0) is 25.4. The maximum Gasteiger partial charge on any atom is 0.358 e. The van der Waals surface area contributed by atoms with Gasteiger partial charge in [0.2, 0.25) is 0 Å². The van der Waals surface area contributed by atoms with E-state index in [2.05, 4.69) is 11.6 Å². The lowest BCUT2D eigenvalue weighted by Gasteiger charge is -2.33. The Kier molecular flexibility index (Phi) is 10.2. The van der Waals surface area contributed by atoms with Crippen molar-refractivity contribution in [3.63, 3.8) is 0 Å². The van der Waals surface area contributed by atoms with Crippen LogP contribution in [0.5, 0.6) is 0 Å². The fraction of sp³-hybridized carbons (Fsp3) is 0.560. The van der Waals surface area contributed by atoms with Gasteiger partial charge in [-0.05, 0) is 58.1 Å².